The Labute approximate surface area is 85.9 Å². The van der Waals surface area contributed by atoms with Crippen LogP contribution in [-0.2, 0) is 4.74 Å². The predicted molar refractivity (Wildman–Crippen MR) is 54.8 cm³/mol. The van der Waals surface area contributed by atoms with E-state index >= 15 is 0 Å². The molecule has 0 spiro atoms. The Morgan fingerprint density at radius 3 is 3.29 bits per heavy atom. The van der Waals surface area contributed by atoms with Crippen LogP contribution in [-0.4, -0.2) is 28.8 Å². The molecule has 0 aliphatic heterocycles. The first-order valence-corrected chi connectivity index (χ1v) is 5.09. The molecule has 0 radical (unpaired) electrons. The number of H-pyrrole nitrogens is 1. The molecule has 0 fully saturated rings. The average Bonchev–Trinajstić information content (AvgIpc) is 2.65. The Balaban J connectivity index is 2.02. The van der Waals surface area contributed by atoms with E-state index in [0.29, 0.717) is 12.5 Å². The van der Waals surface area contributed by atoms with E-state index in [1.54, 1.807) is 19.2 Å². The highest BCUT2D eigenvalue weighted by Crippen LogP contribution is 2.05. The van der Waals surface area contributed by atoms with Gasteiger partial charge in [0.05, 0.1) is 18.7 Å². The van der Waals surface area contributed by atoms with Gasteiger partial charge < -0.3 is 14.8 Å². The minimum absolute atomic E-state index is 0.379. The summed E-state index contributed by atoms with van der Waals surface area (Å²) >= 11 is 1.33. The Bertz CT molecular complexity index is 265. The first kappa shape index (κ1) is 10.7. The monoisotopic (exact) mass is 216 g/mol. The zero-order valence-electron chi connectivity index (χ0n) is 7.74. The number of nitrogens with one attached hydrogen (secondary N) is 3. The number of alkyl carbamates (subject to hydrolysis) is 1. The minimum Gasteiger partial charge on any atom is -0.450 e. The van der Waals surface area contributed by atoms with Crippen molar-refractivity contribution in [1.82, 2.24) is 15.5 Å². The molecule has 1 amide bonds. The molecule has 1 rings (SSSR count). The van der Waals surface area contributed by atoms with Gasteiger partial charge in [-0.15, -0.1) is 0 Å². The van der Waals surface area contributed by atoms with Crippen molar-refractivity contribution in [1.29, 1.82) is 0 Å². The molecule has 1 heterocycles. The highest BCUT2D eigenvalue weighted by molar-refractivity contribution is 8.00. The number of carbonyl (C=O) groups excluding carboxylic acids is 1. The molecule has 0 saturated carbocycles. The van der Waals surface area contributed by atoms with E-state index in [2.05, 4.69) is 25.0 Å². The lowest BCUT2D eigenvalue weighted by Gasteiger charge is -2.04. The molecule has 0 aromatic carbocycles. The second kappa shape index (κ2) is 6.14. The highest BCUT2D eigenvalue weighted by Gasteiger charge is 1.98. The normalized spacial score (nSPS) is 9.50. The van der Waals surface area contributed by atoms with Gasteiger partial charge in [0.25, 0.3) is 0 Å². The third-order valence-corrected chi connectivity index (χ3v) is 1.90. The number of rotatable bonds is 5. The minimum atomic E-state index is -0.411. The van der Waals surface area contributed by atoms with Crippen LogP contribution in [0.1, 0.15) is 6.92 Å². The molecule has 7 heteroatoms. The van der Waals surface area contributed by atoms with E-state index in [1.165, 1.54) is 11.9 Å². The molecule has 0 bridgehead atoms. The molecule has 0 saturated heterocycles. The number of hydrogen-bond donors (Lipinski definition) is 3. The fraction of sp³-hybridized carbons (Fsp3) is 0.429. The number of amides is 1. The van der Waals surface area contributed by atoms with E-state index in [0.717, 1.165) is 5.82 Å². The standard InChI is InChI=1S/C7H12N4O2S/c1-2-13-7(12)8-5-14-11-6-3-4-9-10-6/h3-4H,2,5H2,1H3,(H,8,12)(H2,9,10,11). The van der Waals surface area contributed by atoms with Gasteiger partial charge in [-0.25, -0.2) is 4.79 Å². The van der Waals surface area contributed by atoms with Crippen molar-refractivity contribution >= 4 is 23.9 Å². The van der Waals surface area contributed by atoms with Crippen LogP contribution in [0.2, 0.25) is 0 Å². The zero-order valence-corrected chi connectivity index (χ0v) is 8.56. The van der Waals surface area contributed by atoms with E-state index in [9.17, 15) is 4.79 Å². The Morgan fingerprint density at radius 1 is 1.79 bits per heavy atom. The Hall–Kier alpha value is -1.37. The topological polar surface area (TPSA) is 79.0 Å². The van der Waals surface area contributed by atoms with Crippen LogP contribution >= 0.6 is 11.9 Å². The molecule has 0 aliphatic carbocycles. The summed E-state index contributed by atoms with van der Waals surface area (Å²) in [5.41, 5.74) is 0. The first-order valence-electron chi connectivity index (χ1n) is 4.10. The van der Waals surface area contributed by atoms with Crippen LogP contribution in [0.3, 0.4) is 0 Å². The largest absolute Gasteiger partial charge is 0.450 e. The maximum absolute atomic E-state index is 10.8. The van der Waals surface area contributed by atoms with Crippen LogP contribution in [0.5, 0.6) is 0 Å². The van der Waals surface area contributed by atoms with Gasteiger partial charge in [0, 0.05) is 6.07 Å². The Morgan fingerprint density at radius 2 is 2.64 bits per heavy atom. The van der Waals surface area contributed by atoms with E-state index < -0.39 is 6.09 Å². The number of nitrogens with zero attached hydrogens (tertiary/aromatic N) is 1. The maximum atomic E-state index is 10.8. The number of carbonyl (C=O) groups is 1. The summed E-state index contributed by atoms with van der Waals surface area (Å²) in [5.74, 6) is 1.22. The van der Waals surface area contributed by atoms with Crippen LogP contribution in [0.15, 0.2) is 12.3 Å². The summed E-state index contributed by atoms with van der Waals surface area (Å²) in [5, 5.41) is 9.03. The zero-order chi connectivity index (χ0) is 10.2. The molecule has 0 atom stereocenters. The quantitative estimate of drug-likeness (QED) is 0.391. The van der Waals surface area contributed by atoms with E-state index in [1.807, 2.05) is 0 Å². The van der Waals surface area contributed by atoms with Gasteiger partial charge in [-0.05, 0) is 18.9 Å². The van der Waals surface area contributed by atoms with Crippen LogP contribution in [0.25, 0.3) is 0 Å². The van der Waals surface area contributed by atoms with Gasteiger partial charge in [0.15, 0.2) is 0 Å². The number of ether oxygens (including phenoxy) is 1. The van der Waals surface area contributed by atoms with Crippen molar-refractivity contribution in [2.75, 3.05) is 17.2 Å². The SMILES string of the molecule is CCOC(=O)NCSNc1ccn[nH]1. The first-order chi connectivity index (χ1) is 6.83. The summed E-state index contributed by atoms with van der Waals surface area (Å²) in [6.45, 7) is 2.14. The Kier molecular flexibility index (Phi) is 4.70. The average molecular weight is 216 g/mol. The molecule has 14 heavy (non-hydrogen) atoms. The predicted octanol–water partition coefficient (Wildman–Crippen LogP) is 1.17. The van der Waals surface area contributed by atoms with Crippen molar-refractivity contribution < 1.29 is 9.53 Å². The van der Waals surface area contributed by atoms with Gasteiger partial charge in [-0.1, -0.05) is 0 Å². The second-order valence-electron chi connectivity index (χ2n) is 2.26. The van der Waals surface area contributed by atoms with Crippen molar-refractivity contribution in [2.45, 2.75) is 6.92 Å². The summed E-state index contributed by atoms with van der Waals surface area (Å²) < 4.78 is 7.62. The third kappa shape index (κ3) is 4.04. The number of aromatic amines is 1. The number of anilines is 1. The fourth-order valence-corrected chi connectivity index (χ4v) is 1.24. The molecular weight excluding hydrogens is 204 g/mol. The van der Waals surface area contributed by atoms with E-state index in [4.69, 9.17) is 0 Å². The van der Waals surface area contributed by atoms with Crippen LogP contribution in [0.4, 0.5) is 10.6 Å². The molecule has 6 nitrogen and oxygen atoms in total. The lowest BCUT2D eigenvalue weighted by molar-refractivity contribution is 0.154. The van der Waals surface area contributed by atoms with Gasteiger partial charge in [0.1, 0.15) is 5.82 Å². The van der Waals surface area contributed by atoms with Gasteiger partial charge in [-0.3, -0.25) is 5.10 Å². The van der Waals surface area contributed by atoms with Crippen LogP contribution in [0, 0.1) is 0 Å². The summed E-state index contributed by atoms with van der Waals surface area (Å²) in [7, 11) is 0. The lowest BCUT2D eigenvalue weighted by atomic mass is 10.7. The lowest BCUT2D eigenvalue weighted by Crippen LogP contribution is -2.24. The van der Waals surface area contributed by atoms with Crippen molar-refractivity contribution in [3.63, 3.8) is 0 Å². The molecule has 78 valence electrons. The van der Waals surface area contributed by atoms with Crippen molar-refractivity contribution in [2.24, 2.45) is 0 Å². The molecular formula is C7H12N4O2S. The third-order valence-electron chi connectivity index (χ3n) is 1.25. The van der Waals surface area contributed by atoms with Gasteiger partial charge >= 0.3 is 6.09 Å². The molecule has 1 aromatic rings. The number of aromatic nitrogens is 2. The summed E-state index contributed by atoms with van der Waals surface area (Å²) in [6.07, 6.45) is 1.23. The molecule has 0 aliphatic rings. The highest BCUT2D eigenvalue weighted by atomic mass is 32.2. The van der Waals surface area contributed by atoms with E-state index in [-0.39, 0.29) is 0 Å². The molecule has 3 N–H and O–H groups in total. The van der Waals surface area contributed by atoms with Gasteiger partial charge in [-0.2, -0.15) is 5.10 Å². The van der Waals surface area contributed by atoms with Gasteiger partial charge in [0.2, 0.25) is 0 Å². The maximum Gasteiger partial charge on any atom is 0.407 e. The summed E-state index contributed by atoms with van der Waals surface area (Å²) in [6, 6.07) is 1.79. The smallest absolute Gasteiger partial charge is 0.407 e. The van der Waals surface area contributed by atoms with Crippen LogP contribution < -0.4 is 10.0 Å². The number of hydrogen-bond acceptors (Lipinski definition) is 5. The molecule has 0 unspecified atom stereocenters. The second-order valence-corrected chi connectivity index (χ2v) is 3.04. The summed E-state index contributed by atoms with van der Waals surface area (Å²) in [4.78, 5) is 10.8. The van der Waals surface area contributed by atoms with Crippen molar-refractivity contribution in [3.8, 4) is 0 Å². The van der Waals surface area contributed by atoms with Crippen molar-refractivity contribution in [3.05, 3.63) is 12.3 Å². The molecule has 1 aromatic heterocycles. The fourth-order valence-electron chi connectivity index (χ4n) is 0.704.